The Hall–Kier alpha value is -2.56. The van der Waals surface area contributed by atoms with Gasteiger partial charge < -0.3 is 4.98 Å². The van der Waals surface area contributed by atoms with Crippen LogP contribution in [0.2, 0.25) is 0 Å². The van der Waals surface area contributed by atoms with E-state index in [1.807, 2.05) is 30.3 Å². The molecule has 0 aliphatic carbocycles. The molecule has 0 unspecified atom stereocenters. The number of aryl methyl sites for hydroxylation is 1. The predicted molar refractivity (Wildman–Crippen MR) is 68.4 cm³/mol. The molecule has 2 heterocycles. The first kappa shape index (κ1) is 10.6. The molecule has 0 radical (unpaired) electrons. The van der Waals surface area contributed by atoms with E-state index in [1.165, 1.54) is 16.8 Å². The molecule has 2 aromatic heterocycles. The number of rotatable bonds is 1. The number of aromatic amines is 1. The van der Waals surface area contributed by atoms with Crippen molar-refractivity contribution < 1.29 is 0 Å². The fraction of sp³-hybridized carbons (Fsp3) is 0.0769. The third kappa shape index (κ3) is 1.48. The molecular formula is C13H11N3O2. The average Bonchev–Trinajstić information content (AvgIpc) is 2.66. The molecule has 0 amide bonds. The lowest BCUT2D eigenvalue weighted by atomic mass is 10.3. The van der Waals surface area contributed by atoms with Gasteiger partial charge in [0.25, 0.3) is 11.1 Å². The van der Waals surface area contributed by atoms with Crippen molar-refractivity contribution in [3.63, 3.8) is 0 Å². The Balaban J connectivity index is 2.47. The van der Waals surface area contributed by atoms with Crippen molar-refractivity contribution in [1.82, 2.24) is 14.2 Å². The fourth-order valence-electron chi connectivity index (χ4n) is 2.11. The smallest absolute Gasteiger partial charge is 0.273 e. The molecule has 0 saturated heterocycles. The standard InChI is InChI=1S/C13H11N3O2/c1-9-7-12(17)14-11-8-13(18)16(15(9)11)10-5-3-2-4-6-10/h2-8H,1H3,(H,14,17). The summed E-state index contributed by atoms with van der Waals surface area (Å²) in [6.07, 6.45) is 0. The van der Waals surface area contributed by atoms with E-state index in [-0.39, 0.29) is 11.1 Å². The molecule has 5 nitrogen and oxygen atoms in total. The number of hydrogen-bond acceptors (Lipinski definition) is 2. The summed E-state index contributed by atoms with van der Waals surface area (Å²) in [5.41, 5.74) is 1.58. The van der Waals surface area contributed by atoms with Crippen LogP contribution in [-0.2, 0) is 0 Å². The molecular weight excluding hydrogens is 230 g/mol. The SMILES string of the molecule is Cc1cc(=O)[nH]c2cc(=O)n(-c3ccccc3)n12. The van der Waals surface area contributed by atoms with E-state index >= 15 is 0 Å². The molecule has 1 N–H and O–H groups in total. The molecule has 3 rings (SSSR count). The van der Waals surface area contributed by atoms with Crippen molar-refractivity contribution in [3.05, 3.63) is 68.9 Å². The van der Waals surface area contributed by atoms with E-state index in [4.69, 9.17) is 0 Å². The number of nitrogens with one attached hydrogen (secondary N) is 1. The molecule has 0 bridgehead atoms. The van der Waals surface area contributed by atoms with Crippen molar-refractivity contribution in [3.8, 4) is 5.69 Å². The summed E-state index contributed by atoms with van der Waals surface area (Å²) in [5, 5.41) is 0. The first-order valence-electron chi connectivity index (χ1n) is 5.57. The molecule has 1 aromatic carbocycles. The Bertz CT molecular complexity index is 825. The van der Waals surface area contributed by atoms with E-state index in [9.17, 15) is 9.59 Å². The van der Waals surface area contributed by atoms with Gasteiger partial charge in [0.05, 0.1) is 5.69 Å². The first-order chi connectivity index (χ1) is 8.66. The van der Waals surface area contributed by atoms with Gasteiger partial charge in [0, 0.05) is 17.8 Å². The number of para-hydroxylation sites is 1. The van der Waals surface area contributed by atoms with Crippen LogP contribution in [0.5, 0.6) is 0 Å². The van der Waals surface area contributed by atoms with Gasteiger partial charge in [-0.05, 0) is 19.1 Å². The molecule has 0 aliphatic rings. The Morgan fingerprint density at radius 1 is 1.06 bits per heavy atom. The third-order valence-corrected chi connectivity index (χ3v) is 2.82. The van der Waals surface area contributed by atoms with E-state index in [0.717, 1.165) is 5.69 Å². The van der Waals surface area contributed by atoms with Crippen molar-refractivity contribution in [2.75, 3.05) is 0 Å². The summed E-state index contributed by atoms with van der Waals surface area (Å²) in [5.74, 6) is 0. The summed E-state index contributed by atoms with van der Waals surface area (Å²) < 4.78 is 3.22. The normalized spacial score (nSPS) is 10.9. The highest BCUT2D eigenvalue weighted by Crippen LogP contribution is 2.07. The minimum atomic E-state index is -0.210. The molecule has 90 valence electrons. The molecule has 0 aliphatic heterocycles. The Morgan fingerprint density at radius 3 is 2.50 bits per heavy atom. The van der Waals surface area contributed by atoms with Crippen molar-refractivity contribution in [2.24, 2.45) is 0 Å². The minimum Gasteiger partial charge on any atom is -0.307 e. The number of fused-ring (bicyclic) bond motifs is 1. The number of benzene rings is 1. The van der Waals surface area contributed by atoms with Crippen LogP contribution in [-0.4, -0.2) is 14.2 Å². The van der Waals surface area contributed by atoms with E-state index in [2.05, 4.69) is 4.98 Å². The first-order valence-corrected chi connectivity index (χ1v) is 5.57. The van der Waals surface area contributed by atoms with Crippen LogP contribution in [0.15, 0.2) is 52.1 Å². The molecule has 0 spiro atoms. The van der Waals surface area contributed by atoms with Gasteiger partial charge in [-0.2, -0.15) is 0 Å². The van der Waals surface area contributed by atoms with Gasteiger partial charge in [0.2, 0.25) is 0 Å². The van der Waals surface area contributed by atoms with Gasteiger partial charge in [0.1, 0.15) is 5.65 Å². The Kier molecular flexibility index (Phi) is 2.19. The van der Waals surface area contributed by atoms with Crippen LogP contribution >= 0.6 is 0 Å². The highest BCUT2D eigenvalue weighted by molar-refractivity contribution is 5.42. The zero-order valence-electron chi connectivity index (χ0n) is 9.75. The lowest BCUT2D eigenvalue weighted by Crippen LogP contribution is -2.19. The van der Waals surface area contributed by atoms with Gasteiger partial charge in [-0.3, -0.25) is 9.59 Å². The maximum absolute atomic E-state index is 12.0. The second kappa shape index (κ2) is 3.73. The summed E-state index contributed by atoms with van der Waals surface area (Å²) in [4.78, 5) is 26.1. The van der Waals surface area contributed by atoms with E-state index < -0.39 is 0 Å². The van der Waals surface area contributed by atoms with Crippen molar-refractivity contribution >= 4 is 5.65 Å². The molecule has 0 atom stereocenters. The van der Waals surface area contributed by atoms with Gasteiger partial charge in [-0.15, -0.1) is 0 Å². The van der Waals surface area contributed by atoms with E-state index in [1.54, 1.807) is 11.4 Å². The molecule has 5 heteroatoms. The van der Waals surface area contributed by atoms with Crippen LogP contribution in [0.4, 0.5) is 0 Å². The monoisotopic (exact) mass is 241 g/mol. The van der Waals surface area contributed by atoms with Crippen LogP contribution in [0.3, 0.4) is 0 Å². The van der Waals surface area contributed by atoms with Crippen LogP contribution in [0, 0.1) is 6.92 Å². The summed E-state index contributed by atoms with van der Waals surface area (Å²) >= 11 is 0. The highest BCUT2D eigenvalue weighted by Gasteiger charge is 2.09. The van der Waals surface area contributed by atoms with Crippen molar-refractivity contribution in [2.45, 2.75) is 6.92 Å². The number of H-pyrrole nitrogens is 1. The second-order valence-corrected chi connectivity index (χ2v) is 4.10. The largest absolute Gasteiger partial charge is 0.307 e. The second-order valence-electron chi connectivity index (χ2n) is 4.10. The zero-order chi connectivity index (χ0) is 12.7. The molecule has 3 aromatic rings. The molecule has 0 saturated carbocycles. The highest BCUT2D eigenvalue weighted by atomic mass is 16.1. The van der Waals surface area contributed by atoms with E-state index in [0.29, 0.717) is 11.3 Å². The van der Waals surface area contributed by atoms with Crippen LogP contribution in [0.25, 0.3) is 11.3 Å². The number of aromatic nitrogens is 3. The lowest BCUT2D eigenvalue weighted by molar-refractivity contribution is 0.741. The van der Waals surface area contributed by atoms with Gasteiger partial charge in [-0.25, -0.2) is 9.20 Å². The van der Waals surface area contributed by atoms with Gasteiger partial charge >= 0.3 is 0 Å². The summed E-state index contributed by atoms with van der Waals surface area (Å²) in [7, 11) is 0. The quantitative estimate of drug-likeness (QED) is 0.693. The summed E-state index contributed by atoms with van der Waals surface area (Å²) in [6.45, 7) is 1.79. The molecule has 0 fully saturated rings. The zero-order valence-corrected chi connectivity index (χ0v) is 9.75. The summed E-state index contributed by atoms with van der Waals surface area (Å²) in [6, 6.07) is 12.2. The fourth-order valence-corrected chi connectivity index (χ4v) is 2.11. The number of nitrogens with zero attached hydrogens (tertiary/aromatic N) is 2. The van der Waals surface area contributed by atoms with Gasteiger partial charge in [0.15, 0.2) is 0 Å². The average molecular weight is 241 g/mol. The van der Waals surface area contributed by atoms with Crippen LogP contribution < -0.4 is 11.1 Å². The topological polar surface area (TPSA) is 59.3 Å². The number of hydrogen-bond donors (Lipinski definition) is 1. The van der Waals surface area contributed by atoms with Crippen LogP contribution in [0.1, 0.15) is 5.69 Å². The Labute approximate surface area is 102 Å². The molecule has 18 heavy (non-hydrogen) atoms. The minimum absolute atomic E-state index is 0.175. The maximum Gasteiger partial charge on any atom is 0.273 e. The van der Waals surface area contributed by atoms with Crippen molar-refractivity contribution in [1.29, 1.82) is 0 Å². The maximum atomic E-state index is 12.0. The van der Waals surface area contributed by atoms with Gasteiger partial charge in [-0.1, -0.05) is 18.2 Å². The lowest BCUT2D eigenvalue weighted by Gasteiger charge is -2.08. The Morgan fingerprint density at radius 2 is 1.78 bits per heavy atom. The predicted octanol–water partition coefficient (Wildman–Crippen LogP) is 1.09. The third-order valence-electron chi connectivity index (χ3n) is 2.82.